The Kier molecular flexibility index (Phi) is 6.80. The fourth-order valence-electron chi connectivity index (χ4n) is 3.84. The van der Waals surface area contributed by atoms with Gasteiger partial charge in [0.2, 0.25) is 5.91 Å². The summed E-state index contributed by atoms with van der Waals surface area (Å²) in [4.78, 5) is 30.0. The zero-order chi connectivity index (χ0) is 20.4. The third kappa shape index (κ3) is 4.20. The molecular weight excluding hydrogens is 402 g/mol. The van der Waals surface area contributed by atoms with Crippen molar-refractivity contribution in [3.63, 3.8) is 0 Å². The minimum atomic E-state index is -0.510. The zero-order valence-electron chi connectivity index (χ0n) is 17.1. The van der Waals surface area contributed by atoms with Crippen LogP contribution in [0, 0.1) is 6.92 Å². The highest BCUT2D eigenvalue weighted by Gasteiger charge is 2.40. The first-order valence-corrected chi connectivity index (χ1v) is 9.97. The highest BCUT2D eigenvalue weighted by molar-refractivity contribution is 6.23. The fraction of sp³-hybridized carbons (Fsp3) is 0.304. The molecule has 2 aromatic carbocycles. The van der Waals surface area contributed by atoms with Crippen molar-refractivity contribution >= 4 is 40.8 Å². The Labute approximate surface area is 182 Å². The van der Waals surface area contributed by atoms with Crippen LogP contribution in [-0.4, -0.2) is 36.0 Å². The van der Waals surface area contributed by atoms with Crippen molar-refractivity contribution < 1.29 is 14.3 Å². The van der Waals surface area contributed by atoms with Gasteiger partial charge in [0.1, 0.15) is 5.75 Å². The molecule has 2 N–H and O–H groups in total. The molecule has 1 fully saturated rings. The second-order valence-electron chi connectivity index (χ2n) is 7.29. The summed E-state index contributed by atoms with van der Waals surface area (Å²) in [5.41, 5.74) is 4.04. The van der Waals surface area contributed by atoms with Gasteiger partial charge < -0.3 is 15.0 Å². The van der Waals surface area contributed by atoms with Crippen molar-refractivity contribution in [1.82, 2.24) is 10.3 Å². The molecule has 7 heteroatoms. The topological polar surface area (TPSA) is 74.4 Å². The van der Waals surface area contributed by atoms with Crippen LogP contribution in [0.25, 0.3) is 10.9 Å². The van der Waals surface area contributed by atoms with Crippen LogP contribution >= 0.6 is 12.4 Å². The summed E-state index contributed by atoms with van der Waals surface area (Å²) in [6, 6.07) is 13.0. The number of para-hydroxylation sites is 2. The number of hydrogen-bond donors (Lipinski definition) is 2. The monoisotopic (exact) mass is 427 g/mol. The van der Waals surface area contributed by atoms with Gasteiger partial charge in [-0.05, 0) is 50.1 Å². The normalized spacial score (nSPS) is 16.2. The van der Waals surface area contributed by atoms with Gasteiger partial charge in [0.15, 0.2) is 0 Å². The molecule has 2 amide bonds. The Hall–Kier alpha value is -2.83. The predicted molar refractivity (Wildman–Crippen MR) is 120 cm³/mol. The lowest BCUT2D eigenvalue weighted by Crippen LogP contribution is -2.39. The summed E-state index contributed by atoms with van der Waals surface area (Å²) in [6.07, 6.45) is 2.95. The number of amides is 2. The lowest BCUT2D eigenvalue weighted by molar-refractivity contribution is -0.121. The Morgan fingerprint density at radius 1 is 1.20 bits per heavy atom. The fourth-order valence-corrected chi connectivity index (χ4v) is 3.84. The molecule has 158 valence electrons. The maximum atomic E-state index is 12.9. The number of benzene rings is 2. The molecule has 0 spiro atoms. The van der Waals surface area contributed by atoms with E-state index in [1.165, 1.54) is 21.4 Å². The van der Waals surface area contributed by atoms with E-state index in [0.29, 0.717) is 24.6 Å². The maximum absolute atomic E-state index is 12.9. The summed E-state index contributed by atoms with van der Waals surface area (Å²) < 4.78 is 5.59. The standard InChI is InChI=1S/C23H25N3O3.ClH/c1-3-29-21-7-5-4-6-20(21)26-22(27)13-19(23(26)28)24-11-10-16-14-25-18-9-8-15(2)12-17(16)18;/h4-9,12,14,19,24-25H,3,10-11,13H2,1-2H3;1H. The number of aromatic nitrogens is 1. The Bertz CT molecular complexity index is 1060. The van der Waals surface area contributed by atoms with Crippen LogP contribution in [0.1, 0.15) is 24.5 Å². The highest BCUT2D eigenvalue weighted by atomic mass is 35.5. The van der Waals surface area contributed by atoms with Gasteiger partial charge in [-0.2, -0.15) is 0 Å². The van der Waals surface area contributed by atoms with E-state index < -0.39 is 6.04 Å². The number of imide groups is 1. The molecule has 3 aromatic rings. The van der Waals surface area contributed by atoms with E-state index in [1.807, 2.05) is 19.2 Å². The predicted octanol–water partition coefficient (Wildman–Crippen LogP) is 3.76. The van der Waals surface area contributed by atoms with Gasteiger partial charge >= 0.3 is 0 Å². The van der Waals surface area contributed by atoms with E-state index in [4.69, 9.17) is 4.74 Å². The van der Waals surface area contributed by atoms with Gasteiger partial charge in [-0.1, -0.05) is 23.8 Å². The minimum absolute atomic E-state index is 0. The van der Waals surface area contributed by atoms with Crippen molar-refractivity contribution in [1.29, 1.82) is 0 Å². The number of anilines is 1. The van der Waals surface area contributed by atoms with Crippen molar-refractivity contribution in [2.75, 3.05) is 18.1 Å². The van der Waals surface area contributed by atoms with Crippen LogP contribution in [-0.2, 0) is 16.0 Å². The summed E-state index contributed by atoms with van der Waals surface area (Å²) >= 11 is 0. The number of nitrogens with zero attached hydrogens (tertiary/aromatic N) is 1. The van der Waals surface area contributed by atoms with E-state index in [-0.39, 0.29) is 30.6 Å². The molecule has 1 saturated heterocycles. The molecule has 2 heterocycles. The molecular formula is C23H26ClN3O3. The molecule has 6 nitrogen and oxygen atoms in total. The van der Waals surface area contributed by atoms with E-state index in [9.17, 15) is 9.59 Å². The smallest absolute Gasteiger partial charge is 0.251 e. The first kappa shape index (κ1) is 21.9. The largest absolute Gasteiger partial charge is 0.492 e. The Morgan fingerprint density at radius 2 is 2.00 bits per heavy atom. The average Bonchev–Trinajstić information content (AvgIpc) is 3.23. The summed E-state index contributed by atoms with van der Waals surface area (Å²) in [5.74, 6) is 0.116. The van der Waals surface area contributed by atoms with Crippen LogP contribution in [0.5, 0.6) is 5.75 Å². The van der Waals surface area contributed by atoms with Crippen LogP contribution in [0.2, 0.25) is 0 Å². The van der Waals surface area contributed by atoms with E-state index in [0.717, 1.165) is 11.9 Å². The number of nitrogens with one attached hydrogen (secondary N) is 2. The third-order valence-corrected chi connectivity index (χ3v) is 5.26. The Balaban J connectivity index is 0.00000256. The van der Waals surface area contributed by atoms with Crippen LogP contribution in [0.4, 0.5) is 5.69 Å². The number of fused-ring (bicyclic) bond motifs is 1. The molecule has 0 saturated carbocycles. The van der Waals surface area contributed by atoms with Crippen molar-refractivity contribution in [3.05, 3.63) is 59.8 Å². The van der Waals surface area contributed by atoms with E-state index in [1.54, 1.807) is 18.2 Å². The molecule has 1 unspecified atom stereocenters. The van der Waals surface area contributed by atoms with Gasteiger partial charge in [0.05, 0.1) is 24.8 Å². The maximum Gasteiger partial charge on any atom is 0.251 e. The summed E-state index contributed by atoms with van der Waals surface area (Å²) in [6.45, 7) is 5.04. The molecule has 1 aliphatic rings. The van der Waals surface area contributed by atoms with Crippen molar-refractivity contribution in [3.8, 4) is 5.75 Å². The lowest BCUT2D eigenvalue weighted by Gasteiger charge is -2.18. The number of aromatic amines is 1. The van der Waals surface area contributed by atoms with Gasteiger partial charge in [-0.3, -0.25) is 9.59 Å². The number of rotatable bonds is 7. The number of aryl methyl sites for hydroxylation is 1. The molecule has 4 rings (SSSR count). The first-order valence-electron chi connectivity index (χ1n) is 9.97. The number of H-pyrrole nitrogens is 1. The molecule has 0 radical (unpaired) electrons. The number of carbonyl (C=O) groups excluding carboxylic acids is 2. The second kappa shape index (κ2) is 9.32. The number of hydrogen-bond acceptors (Lipinski definition) is 4. The second-order valence-corrected chi connectivity index (χ2v) is 7.29. The number of ether oxygens (including phenoxy) is 1. The lowest BCUT2D eigenvalue weighted by atomic mass is 10.1. The SMILES string of the molecule is CCOc1ccccc1N1C(=O)CC(NCCc2c[nH]c3ccc(C)cc23)C1=O.Cl. The van der Waals surface area contributed by atoms with Gasteiger partial charge in [-0.15, -0.1) is 12.4 Å². The molecule has 1 aromatic heterocycles. The third-order valence-electron chi connectivity index (χ3n) is 5.26. The number of carbonyl (C=O) groups is 2. The molecule has 1 atom stereocenters. The van der Waals surface area contributed by atoms with E-state index >= 15 is 0 Å². The molecule has 0 aliphatic carbocycles. The highest BCUT2D eigenvalue weighted by Crippen LogP contribution is 2.32. The Morgan fingerprint density at radius 3 is 2.80 bits per heavy atom. The van der Waals surface area contributed by atoms with Gasteiger partial charge in [0, 0.05) is 23.6 Å². The van der Waals surface area contributed by atoms with E-state index in [2.05, 4.69) is 35.4 Å². The van der Waals surface area contributed by atoms with Crippen LogP contribution in [0.3, 0.4) is 0 Å². The first-order chi connectivity index (χ1) is 14.1. The zero-order valence-corrected chi connectivity index (χ0v) is 17.9. The van der Waals surface area contributed by atoms with Gasteiger partial charge in [-0.25, -0.2) is 4.90 Å². The molecule has 30 heavy (non-hydrogen) atoms. The summed E-state index contributed by atoms with van der Waals surface area (Å²) in [7, 11) is 0. The molecule has 1 aliphatic heterocycles. The van der Waals surface area contributed by atoms with Crippen molar-refractivity contribution in [2.45, 2.75) is 32.7 Å². The summed E-state index contributed by atoms with van der Waals surface area (Å²) in [5, 5.41) is 4.47. The average molecular weight is 428 g/mol. The molecule has 0 bridgehead atoms. The quantitative estimate of drug-likeness (QED) is 0.563. The van der Waals surface area contributed by atoms with Gasteiger partial charge in [0.25, 0.3) is 5.91 Å². The van der Waals surface area contributed by atoms with Crippen LogP contribution in [0.15, 0.2) is 48.7 Å². The number of halogens is 1. The van der Waals surface area contributed by atoms with Crippen LogP contribution < -0.4 is 15.0 Å². The minimum Gasteiger partial charge on any atom is -0.492 e. The van der Waals surface area contributed by atoms with Crippen molar-refractivity contribution in [2.24, 2.45) is 0 Å².